The first-order valence-electron chi connectivity index (χ1n) is 7.30. The van der Waals surface area contributed by atoms with E-state index in [0.717, 1.165) is 15.0 Å². The molecule has 0 saturated heterocycles. The minimum atomic E-state index is -0.488. The average molecular weight is 417 g/mol. The van der Waals surface area contributed by atoms with Gasteiger partial charge in [0.05, 0.1) is 22.2 Å². The maximum absolute atomic E-state index is 12.4. The van der Waals surface area contributed by atoms with Crippen LogP contribution in [0.4, 0.5) is 5.13 Å². The van der Waals surface area contributed by atoms with Crippen molar-refractivity contribution in [1.29, 1.82) is 0 Å². The number of hydrogen-bond acceptors (Lipinski definition) is 5. The van der Waals surface area contributed by atoms with Gasteiger partial charge in [-0.2, -0.15) is 0 Å². The van der Waals surface area contributed by atoms with Crippen LogP contribution in [0.2, 0.25) is 0 Å². The molecule has 0 aliphatic rings. The third-order valence-corrected chi connectivity index (χ3v) is 5.02. The van der Waals surface area contributed by atoms with E-state index in [9.17, 15) is 9.59 Å². The molecule has 2 aromatic carbocycles. The first-order chi connectivity index (χ1) is 12.1. The van der Waals surface area contributed by atoms with Crippen molar-refractivity contribution in [3.05, 3.63) is 69.5 Å². The van der Waals surface area contributed by atoms with Crippen molar-refractivity contribution in [2.45, 2.75) is 0 Å². The van der Waals surface area contributed by atoms with Gasteiger partial charge in [0.2, 0.25) is 0 Å². The number of nitrogens with zero attached hydrogens (tertiary/aromatic N) is 1. The van der Waals surface area contributed by atoms with E-state index in [0.29, 0.717) is 16.3 Å². The molecule has 3 aromatic rings. The predicted octanol–water partition coefficient (Wildman–Crippen LogP) is 4.61. The Morgan fingerprint density at radius 1 is 1.08 bits per heavy atom. The third kappa shape index (κ3) is 3.94. The second kappa shape index (κ2) is 7.58. The number of hydrogen-bond donors (Lipinski definition) is 1. The monoisotopic (exact) mass is 416 g/mol. The van der Waals surface area contributed by atoms with Crippen LogP contribution in [-0.2, 0) is 4.74 Å². The number of carbonyl (C=O) groups excluding carboxylic acids is 2. The SMILES string of the molecule is COC(=O)c1cccc(C(=O)Nc2nc(-c3ccccc3)c(Br)s2)c1. The molecule has 0 aliphatic heterocycles. The number of nitrogens with one attached hydrogen (secondary N) is 1. The summed E-state index contributed by atoms with van der Waals surface area (Å²) in [5, 5.41) is 3.23. The Bertz CT molecular complexity index is 925. The summed E-state index contributed by atoms with van der Waals surface area (Å²) in [5.74, 6) is -0.829. The standard InChI is InChI=1S/C18H13BrN2O3S/c1-24-17(23)13-9-5-8-12(10-13)16(22)21-18-20-14(15(19)25-18)11-6-3-2-4-7-11/h2-10H,1H3,(H,20,21,22). The zero-order valence-corrected chi connectivity index (χ0v) is 15.6. The van der Waals surface area contributed by atoms with Crippen molar-refractivity contribution in [3.63, 3.8) is 0 Å². The van der Waals surface area contributed by atoms with Crippen LogP contribution in [0.5, 0.6) is 0 Å². The molecule has 0 atom stereocenters. The van der Waals surface area contributed by atoms with Gasteiger partial charge in [0.15, 0.2) is 5.13 Å². The topological polar surface area (TPSA) is 68.3 Å². The van der Waals surface area contributed by atoms with Gasteiger partial charge in [0, 0.05) is 11.1 Å². The number of rotatable bonds is 4. The molecule has 0 spiro atoms. The Balaban J connectivity index is 1.81. The maximum Gasteiger partial charge on any atom is 0.337 e. The van der Waals surface area contributed by atoms with Crippen molar-refractivity contribution in [3.8, 4) is 11.3 Å². The van der Waals surface area contributed by atoms with E-state index in [1.807, 2.05) is 30.3 Å². The molecule has 1 amide bonds. The minimum Gasteiger partial charge on any atom is -0.465 e. The largest absolute Gasteiger partial charge is 0.465 e. The number of methoxy groups -OCH3 is 1. The summed E-state index contributed by atoms with van der Waals surface area (Å²) in [6.45, 7) is 0. The molecule has 7 heteroatoms. The van der Waals surface area contributed by atoms with Crippen LogP contribution < -0.4 is 5.32 Å². The van der Waals surface area contributed by atoms with Crippen molar-refractivity contribution in [2.24, 2.45) is 0 Å². The lowest BCUT2D eigenvalue weighted by Gasteiger charge is -2.04. The molecule has 25 heavy (non-hydrogen) atoms. The Morgan fingerprint density at radius 2 is 1.80 bits per heavy atom. The lowest BCUT2D eigenvalue weighted by molar-refractivity contribution is 0.0600. The second-order valence-electron chi connectivity index (χ2n) is 5.03. The zero-order chi connectivity index (χ0) is 17.8. The Morgan fingerprint density at radius 3 is 2.52 bits per heavy atom. The Labute approximate surface area is 156 Å². The summed E-state index contributed by atoms with van der Waals surface area (Å²) in [6.07, 6.45) is 0. The van der Waals surface area contributed by atoms with E-state index in [1.165, 1.54) is 24.5 Å². The fourth-order valence-corrected chi connectivity index (χ4v) is 3.69. The highest BCUT2D eigenvalue weighted by Crippen LogP contribution is 2.35. The molecule has 0 radical (unpaired) electrons. The predicted molar refractivity (Wildman–Crippen MR) is 101 cm³/mol. The number of halogens is 1. The molecule has 0 saturated carbocycles. The second-order valence-corrected chi connectivity index (χ2v) is 7.35. The quantitative estimate of drug-likeness (QED) is 0.630. The minimum absolute atomic E-state index is 0.320. The number of thiazole rings is 1. The zero-order valence-electron chi connectivity index (χ0n) is 13.2. The first-order valence-corrected chi connectivity index (χ1v) is 8.91. The smallest absolute Gasteiger partial charge is 0.337 e. The van der Waals surface area contributed by atoms with Crippen LogP contribution in [0.1, 0.15) is 20.7 Å². The summed E-state index contributed by atoms with van der Waals surface area (Å²) in [5.41, 5.74) is 2.40. The van der Waals surface area contributed by atoms with Crippen LogP contribution in [0.25, 0.3) is 11.3 Å². The Hall–Kier alpha value is -2.51. The molecule has 1 heterocycles. The van der Waals surface area contributed by atoms with Crippen molar-refractivity contribution < 1.29 is 14.3 Å². The number of aromatic nitrogens is 1. The van der Waals surface area contributed by atoms with Gasteiger partial charge in [0.1, 0.15) is 0 Å². The van der Waals surface area contributed by atoms with Gasteiger partial charge < -0.3 is 4.74 Å². The number of carbonyl (C=O) groups is 2. The van der Waals surface area contributed by atoms with E-state index in [4.69, 9.17) is 0 Å². The fraction of sp³-hybridized carbons (Fsp3) is 0.0556. The van der Waals surface area contributed by atoms with Gasteiger partial charge in [-0.25, -0.2) is 9.78 Å². The molecule has 0 fully saturated rings. The third-order valence-electron chi connectivity index (χ3n) is 3.40. The maximum atomic E-state index is 12.4. The van der Waals surface area contributed by atoms with Crippen LogP contribution in [0.15, 0.2) is 58.4 Å². The van der Waals surface area contributed by atoms with E-state index in [-0.39, 0.29) is 5.91 Å². The summed E-state index contributed by atoms with van der Waals surface area (Å²) >= 11 is 4.81. The average Bonchev–Trinajstić information content (AvgIpc) is 3.02. The van der Waals surface area contributed by atoms with Crippen molar-refractivity contribution in [2.75, 3.05) is 12.4 Å². The molecule has 0 aliphatic carbocycles. The highest BCUT2D eigenvalue weighted by Gasteiger charge is 2.15. The first kappa shape index (κ1) is 17.3. The molecule has 1 aromatic heterocycles. The van der Waals surface area contributed by atoms with Gasteiger partial charge in [0.25, 0.3) is 5.91 Å². The molecule has 5 nitrogen and oxygen atoms in total. The van der Waals surface area contributed by atoms with Crippen molar-refractivity contribution in [1.82, 2.24) is 4.98 Å². The van der Waals surface area contributed by atoms with Gasteiger partial charge in [-0.15, -0.1) is 0 Å². The van der Waals surface area contributed by atoms with Crippen LogP contribution in [-0.4, -0.2) is 24.0 Å². The molecule has 1 N–H and O–H groups in total. The molecular weight excluding hydrogens is 404 g/mol. The molecule has 0 bridgehead atoms. The van der Waals surface area contributed by atoms with Crippen LogP contribution in [0, 0.1) is 0 Å². The van der Waals surface area contributed by atoms with Gasteiger partial charge in [-0.1, -0.05) is 47.7 Å². The van der Waals surface area contributed by atoms with Gasteiger partial charge in [-0.05, 0) is 34.1 Å². The summed E-state index contributed by atoms with van der Waals surface area (Å²) in [6, 6.07) is 16.0. The highest BCUT2D eigenvalue weighted by molar-refractivity contribution is 9.11. The van der Waals surface area contributed by atoms with Gasteiger partial charge >= 0.3 is 5.97 Å². The van der Waals surface area contributed by atoms with E-state index < -0.39 is 5.97 Å². The molecular formula is C18H13BrN2O3S. The van der Waals surface area contributed by atoms with E-state index >= 15 is 0 Å². The normalized spacial score (nSPS) is 10.3. The number of anilines is 1. The van der Waals surface area contributed by atoms with E-state index in [1.54, 1.807) is 18.2 Å². The number of esters is 1. The van der Waals surface area contributed by atoms with Gasteiger partial charge in [-0.3, -0.25) is 10.1 Å². The lowest BCUT2D eigenvalue weighted by atomic mass is 10.1. The fourth-order valence-electron chi connectivity index (χ4n) is 2.20. The lowest BCUT2D eigenvalue weighted by Crippen LogP contribution is -2.13. The number of ether oxygens (including phenoxy) is 1. The molecule has 3 rings (SSSR count). The van der Waals surface area contributed by atoms with Crippen molar-refractivity contribution >= 4 is 44.3 Å². The Kier molecular flexibility index (Phi) is 5.25. The van der Waals surface area contributed by atoms with Crippen LogP contribution in [0.3, 0.4) is 0 Å². The molecule has 126 valence electrons. The highest BCUT2D eigenvalue weighted by atomic mass is 79.9. The summed E-state index contributed by atoms with van der Waals surface area (Å²) in [7, 11) is 1.30. The summed E-state index contributed by atoms with van der Waals surface area (Å²) < 4.78 is 5.50. The molecule has 0 unspecified atom stereocenters. The summed E-state index contributed by atoms with van der Waals surface area (Å²) in [4.78, 5) is 28.5. The number of benzene rings is 2. The van der Waals surface area contributed by atoms with E-state index in [2.05, 4.69) is 31.0 Å². The number of amides is 1. The van der Waals surface area contributed by atoms with Crippen LogP contribution >= 0.6 is 27.3 Å².